The quantitative estimate of drug-likeness (QED) is 0.785. The number of alkyl halides is 3. The normalized spacial score (nSPS) is 14.6. The average molecular weight is 332 g/mol. The Morgan fingerprint density at radius 2 is 1.81 bits per heavy atom. The van der Waals surface area contributed by atoms with Gasteiger partial charge in [0.2, 0.25) is 0 Å². The molecule has 1 aromatic carbocycles. The Kier molecular flexibility index (Phi) is 3.93. The van der Waals surface area contributed by atoms with Gasteiger partial charge in [-0.3, -0.25) is 4.90 Å². The second kappa shape index (κ2) is 5.38. The molecule has 108 valence electrons. The van der Waals surface area contributed by atoms with Crippen molar-refractivity contribution in [1.29, 1.82) is 5.26 Å². The lowest BCUT2D eigenvalue weighted by molar-refractivity contribution is -0.137. The lowest BCUT2D eigenvalue weighted by Crippen LogP contribution is -2.24. The highest BCUT2D eigenvalue weighted by Gasteiger charge is 2.32. The molecule has 0 saturated heterocycles. The van der Waals surface area contributed by atoms with Crippen LogP contribution >= 0.6 is 23.2 Å². The third-order valence-corrected chi connectivity index (χ3v) is 3.20. The van der Waals surface area contributed by atoms with E-state index >= 15 is 0 Å². The lowest BCUT2D eigenvalue weighted by Gasteiger charge is -2.24. The molecule has 0 unspecified atom stereocenters. The van der Waals surface area contributed by atoms with Crippen LogP contribution in [0, 0.1) is 11.3 Å². The zero-order valence-corrected chi connectivity index (χ0v) is 11.7. The average Bonchev–Trinajstić information content (AvgIpc) is 2.38. The minimum absolute atomic E-state index is 0.0876. The van der Waals surface area contributed by atoms with E-state index in [9.17, 15) is 13.2 Å². The summed E-state index contributed by atoms with van der Waals surface area (Å²) in [7, 11) is 0. The molecule has 0 aliphatic carbocycles. The van der Waals surface area contributed by atoms with Crippen LogP contribution in [0.15, 0.2) is 41.5 Å². The monoisotopic (exact) mass is 331 g/mol. The SMILES string of the molecule is N#CC1=C=CN(c2c(Cl)cc(C(F)(F)F)cc2Cl)C(N)=C1. The van der Waals surface area contributed by atoms with Crippen molar-refractivity contribution >= 4 is 28.9 Å². The molecule has 8 heteroatoms. The van der Waals surface area contributed by atoms with Gasteiger partial charge in [0, 0.05) is 6.08 Å². The number of anilines is 1. The minimum atomic E-state index is -4.56. The molecule has 2 rings (SSSR count). The molecule has 1 aliphatic heterocycles. The Morgan fingerprint density at radius 3 is 2.24 bits per heavy atom. The fraction of sp³-hybridized carbons (Fsp3) is 0.0769. The van der Waals surface area contributed by atoms with Crippen LogP contribution in [-0.4, -0.2) is 0 Å². The van der Waals surface area contributed by atoms with Crippen molar-refractivity contribution < 1.29 is 13.2 Å². The zero-order chi connectivity index (χ0) is 15.8. The summed E-state index contributed by atoms with van der Waals surface area (Å²) in [6, 6.07) is 3.36. The Balaban J connectivity index is 2.56. The predicted molar refractivity (Wildman–Crippen MR) is 73.4 cm³/mol. The van der Waals surface area contributed by atoms with Crippen molar-refractivity contribution in [1.82, 2.24) is 0 Å². The summed E-state index contributed by atoms with van der Waals surface area (Å²) in [6.07, 6.45) is -1.96. The van der Waals surface area contributed by atoms with Crippen molar-refractivity contribution in [2.75, 3.05) is 4.90 Å². The van der Waals surface area contributed by atoms with E-state index in [4.69, 9.17) is 34.2 Å². The number of allylic oxidation sites excluding steroid dienone is 2. The van der Waals surface area contributed by atoms with Gasteiger partial charge in [0.1, 0.15) is 11.9 Å². The molecule has 1 aromatic rings. The maximum Gasteiger partial charge on any atom is 0.416 e. The Bertz CT molecular complexity index is 715. The van der Waals surface area contributed by atoms with Gasteiger partial charge in [0.05, 0.1) is 33.1 Å². The molecule has 0 spiro atoms. The first-order valence-corrected chi connectivity index (χ1v) is 6.19. The van der Waals surface area contributed by atoms with Gasteiger partial charge in [-0.1, -0.05) is 28.9 Å². The van der Waals surface area contributed by atoms with Crippen LogP contribution in [-0.2, 0) is 6.18 Å². The summed E-state index contributed by atoms with van der Waals surface area (Å²) >= 11 is 11.8. The van der Waals surface area contributed by atoms with Crippen LogP contribution in [0.25, 0.3) is 0 Å². The van der Waals surface area contributed by atoms with Crippen molar-refractivity contribution in [3.05, 3.63) is 57.1 Å². The smallest absolute Gasteiger partial charge is 0.385 e. The number of nitrogens with zero attached hydrogens (tertiary/aromatic N) is 2. The van der Waals surface area contributed by atoms with E-state index in [2.05, 4.69) is 5.73 Å². The van der Waals surface area contributed by atoms with Crippen molar-refractivity contribution in [2.24, 2.45) is 5.73 Å². The van der Waals surface area contributed by atoms with Gasteiger partial charge < -0.3 is 5.73 Å². The molecule has 0 aromatic heterocycles. The molecule has 2 N–H and O–H groups in total. The van der Waals surface area contributed by atoms with Crippen molar-refractivity contribution in [3.8, 4) is 6.07 Å². The highest BCUT2D eigenvalue weighted by atomic mass is 35.5. The van der Waals surface area contributed by atoms with Crippen LogP contribution < -0.4 is 10.6 Å². The van der Waals surface area contributed by atoms with Crippen LogP contribution in [0.5, 0.6) is 0 Å². The second-order valence-electron chi connectivity index (χ2n) is 4.02. The second-order valence-corrected chi connectivity index (χ2v) is 4.84. The van der Waals surface area contributed by atoms with Gasteiger partial charge in [-0.05, 0) is 12.1 Å². The largest absolute Gasteiger partial charge is 0.416 e. The molecule has 0 saturated carbocycles. The van der Waals surface area contributed by atoms with E-state index in [1.165, 1.54) is 17.2 Å². The van der Waals surface area contributed by atoms with E-state index in [1.807, 2.05) is 6.07 Å². The predicted octanol–water partition coefficient (Wildman–Crippen LogP) is 4.19. The molecule has 3 nitrogen and oxygen atoms in total. The summed E-state index contributed by atoms with van der Waals surface area (Å²) in [6.45, 7) is 0. The van der Waals surface area contributed by atoms with Gasteiger partial charge in [0.15, 0.2) is 0 Å². The Morgan fingerprint density at radius 1 is 1.24 bits per heavy atom. The maximum atomic E-state index is 12.7. The highest BCUT2D eigenvalue weighted by molar-refractivity contribution is 6.39. The van der Waals surface area contributed by atoms with E-state index in [-0.39, 0.29) is 27.1 Å². The van der Waals surface area contributed by atoms with E-state index in [0.717, 1.165) is 12.1 Å². The van der Waals surface area contributed by atoms with Gasteiger partial charge in [-0.2, -0.15) is 18.4 Å². The first-order chi connectivity index (χ1) is 9.74. The molecule has 0 amide bonds. The molecule has 0 bridgehead atoms. The van der Waals surface area contributed by atoms with Gasteiger partial charge >= 0.3 is 6.18 Å². The van der Waals surface area contributed by atoms with Crippen molar-refractivity contribution in [2.45, 2.75) is 6.18 Å². The number of nitrogens with two attached hydrogens (primary N) is 1. The molecule has 0 fully saturated rings. The molecule has 0 radical (unpaired) electrons. The van der Waals surface area contributed by atoms with E-state index in [1.54, 1.807) is 0 Å². The Labute approximate surface area is 128 Å². The summed E-state index contributed by atoms with van der Waals surface area (Å²) in [4.78, 5) is 1.26. The third-order valence-electron chi connectivity index (χ3n) is 2.63. The fourth-order valence-electron chi connectivity index (χ4n) is 1.69. The molecule has 1 aliphatic rings. The van der Waals surface area contributed by atoms with Gasteiger partial charge in [0.25, 0.3) is 0 Å². The van der Waals surface area contributed by atoms with Gasteiger partial charge in [-0.25, -0.2) is 0 Å². The zero-order valence-electron chi connectivity index (χ0n) is 10.2. The van der Waals surface area contributed by atoms with Crippen LogP contribution in [0.2, 0.25) is 10.0 Å². The topological polar surface area (TPSA) is 53.0 Å². The molecule has 0 atom stereocenters. The molecule has 21 heavy (non-hydrogen) atoms. The standard InChI is InChI=1S/C13H6Cl2F3N3/c14-9-4-8(13(16,17)18)5-10(15)12(9)21-2-1-7(6-19)3-11(21)20/h2-5H,20H2. The summed E-state index contributed by atoms with van der Waals surface area (Å²) in [5.41, 5.74) is 7.66. The Hall–Kier alpha value is -2.06. The van der Waals surface area contributed by atoms with Crippen LogP contribution in [0.4, 0.5) is 18.9 Å². The third kappa shape index (κ3) is 3.01. The summed E-state index contributed by atoms with van der Waals surface area (Å²) in [5.74, 6) is 0.0915. The number of benzene rings is 1. The van der Waals surface area contributed by atoms with Crippen LogP contribution in [0.1, 0.15) is 5.56 Å². The maximum absolute atomic E-state index is 12.7. The number of hydrogen-bond acceptors (Lipinski definition) is 3. The summed E-state index contributed by atoms with van der Waals surface area (Å²) < 4.78 is 38.0. The number of hydrogen-bond donors (Lipinski definition) is 1. The number of nitriles is 1. The minimum Gasteiger partial charge on any atom is -0.385 e. The molecular formula is C13H6Cl2F3N3. The van der Waals surface area contributed by atoms with Crippen molar-refractivity contribution in [3.63, 3.8) is 0 Å². The first-order valence-electron chi connectivity index (χ1n) is 5.43. The fourth-order valence-corrected chi connectivity index (χ4v) is 2.35. The molecular weight excluding hydrogens is 326 g/mol. The molecule has 1 heterocycles. The van der Waals surface area contributed by atoms with E-state index in [0.29, 0.717) is 0 Å². The first kappa shape index (κ1) is 15.3. The van der Waals surface area contributed by atoms with E-state index < -0.39 is 11.7 Å². The van der Waals surface area contributed by atoms with Crippen LogP contribution in [0.3, 0.4) is 0 Å². The summed E-state index contributed by atoms with van der Waals surface area (Å²) in [5, 5.41) is 8.30. The number of halogens is 5. The number of rotatable bonds is 1. The van der Waals surface area contributed by atoms with Gasteiger partial charge in [-0.15, -0.1) is 0 Å². The highest BCUT2D eigenvalue weighted by Crippen LogP contribution is 2.41. The lowest BCUT2D eigenvalue weighted by atomic mass is 10.1.